The second-order valence-electron chi connectivity index (χ2n) is 6.18. The first-order chi connectivity index (χ1) is 11.3. The fourth-order valence-electron chi connectivity index (χ4n) is 2.77. The Hall–Kier alpha value is -1.89. The molecule has 0 spiro atoms. The maximum absolute atomic E-state index is 12.8. The molecular formula is C17H24N2O4S. The molecule has 0 bridgehead atoms. The fourth-order valence-corrected chi connectivity index (χ4v) is 4.37. The maximum Gasteiger partial charge on any atom is 0.267 e. The number of carbonyl (C=O) groups is 2. The topological polar surface area (TPSA) is 74.8 Å². The standard InChI is InChI=1S/C17H24N2O4S/c1-4-5-12-18(3)17(21)15-10-11-16(20)19(15)24(22,23)14-8-6-13(2)7-9-14/h6-9,15H,4-5,10-12H2,1-3H3/t15-/m1/s1. The molecule has 1 aromatic rings. The van der Waals surface area contributed by atoms with Crippen molar-refractivity contribution in [3.63, 3.8) is 0 Å². The third-order valence-corrected chi connectivity index (χ3v) is 6.09. The van der Waals surface area contributed by atoms with E-state index in [0.717, 1.165) is 22.7 Å². The second-order valence-corrected chi connectivity index (χ2v) is 7.99. The summed E-state index contributed by atoms with van der Waals surface area (Å²) in [7, 11) is -2.37. The van der Waals surface area contributed by atoms with Crippen LogP contribution in [0.4, 0.5) is 0 Å². The van der Waals surface area contributed by atoms with Gasteiger partial charge in [0, 0.05) is 20.0 Å². The van der Waals surface area contributed by atoms with Gasteiger partial charge in [-0.1, -0.05) is 31.0 Å². The molecule has 1 heterocycles. The van der Waals surface area contributed by atoms with Gasteiger partial charge < -0.3 is 4.90 Å². The highest BCUT2D eigenvalue weighted by Crippen LogP contribution is 2.28. The Morgan fingerprint density at radius 2 is 1.92 bits per heavy atom. The van der Waals surface area contributed by atoms with Gasteiger partial charge in [0.15, 0.2) is 0 Å². The summed E-state index contributed by atoms with van der Waals surface area (Å²) in [5, 5.41) is 0. The Labute approximate surface area is 143 Å². The van der Waals surface area contributed by atoms with Crippen LogP contribution in [0.1, 0.15) is 38.2 Å². The molecule has 1 saturated heterocycles. The van der Waals surface area contributed by atoms with E-state index in [1.807, 2.05) is 13.8 Å². The third-order valence-electron chi connectivity index (χ3n) is 4.25. The number of hydrogen-bond acceptors (Lipinski definition) is 4. The van der Waals surface area contributed by atoms with Gasteiger partial charge in [0.1, 0.15) is 6.04 Å². The van der Waals surface area contributed by atoms with Crippen LogP contribution in [-0.2, 0) is 19.6 Å². The molecule has 0 saturated carbocycles. The van der Waals surface area contributed by atoms with Crippen LogP contribution in [-0.4, -0.2) is 49.1 Å². The van der Waals surface area contributed by atoms with Crippen LogP contribution in [0.25, 0.3) is 0 Å². The van der Waals surface area contributed by atoms with E-state index in [-0.39, 0.29) is 23.6 Å². The van der Waals surface area contributed by atoms with Gasteiger partial charge in [-0.25, -0.2) is 12.7 Å². The number of unbranched alkanes of at least 4 members (excludes halogenated alkanes) is 1. The minimum atomic E-state index is -4.02. The summed E-state index contributed by atoms with van der Waals surface area (Å²) in [5.41, 5.74) is 0.925. The molecule has 0 unspecified atom stereocenters. The average molecular weight is 352 g/mol. The van der Waals surface area contributed by atoms with E-state index in [1.54, 1.807) is 19.2 Å². The van der Waals surface area contributed by atoms with Crippen molar-refractivity contribution < 1.29 is 18.0 Å². The molecule has 7 heteroatoms. The van der Waals surface area contributed by atoms with Gasteiger partial charge in [-0.2, -0.15) is 0 Å². The van der Waals surface area contributed by atoms with Crippen molar-refractivity contribution >= 4 is 21.8 Å². The van der Waals surface area contributed by atoms with E-state index in [4.69, 9.17) is 0 Å². The monoisotopic (exact) mass is 352 g/mol. The molecular weight excluding hydrogens is 328 g/mol. The Morgan fingerprint density at radius 1 is 1.29 bits per heavy atom. The van der Waals surface area contributed by atoms with Crippen molar-refractivity contribution in [1.29, 1.82) is 0 Å². The molecule has 0 aromatic heterocycles. The summed E-state index contributed by atoms with van der Waals surface area (Å²) in [5.74, 6) is -0.831. The molecule has 0 aliphatic carbocycles. The molecule has 132 valence electrons. The SMILES string of the molecule is CCCCN(C)C(=O)[C@H]1CCC(=O)N1S(=O)(=O)c1ccc(C)cc1. The number of sulfonamides is 1. The fraction of sp³-hybridized carbons (Fsp3) is 0.529. The zero-order valence-corrected chi connectivity index (χ0v) is 15.2. The van der Waals surface area contributed by atoms with Gasteiger partial charge >= 0.3 is 0 Å². The smallest absolute Gasteiger partial charge is 0.267 e. The van der Waals surface area contributed by atoms with Gasteiger partial charge in [0.25, 0.3) is 10.0 Å². The summed E-state index contributed by atoms with van der Waals surface area (Å²) >= 11 is 0. The Morgan fingerprint density at radius 3 is 2.50 bits per heavy atom. The summed E-state index contributed by atoms with van der Waals surface area (Å²) in [6.07, 6.45) is 2.09. The van der Waals surface area contributed by atoms with Crippen LogP contribution in [0.15, 0.2) is 29.2 Å². The van der Waals surface area contributed by atoms with E-state index >= 15 is 0 Å². The van der Waals surface area contributed by atoms with Crippen LogP contribution in [0, 0.1) is 6.92 Å². The van der Waals surface area contributed by atoms with Crippen molar-refractivity contribution in [2.45, 2.75) is 50.5 Å². The van der Waals surface area contributed by atoms with Crippen LogP contribution in [0.5, 0.6) is 0 Å². The highest BCUT2D eigenvalue weighted by Gasteiger charge is 2.44. The van der Waals surface area contributed by atoms with Crippen LogP contribution < -0.4 is 0 Å². The molecule has 6 nitrogen and oxygen atoms in total. The maximum atomic E-state index is 12.8. The molecule has 1 aliphatic heterocycles. The number of benzene rings is 1. The van der Waals surface area contributed by atoms with Crippen molar-refractivity contribution in [2.24, 2.45) is 0 Å². The summed E-state index contributed by atoms with van der Waals surface area (Å²) < 4.78 is 26.5. The number of hydrogen-bond donors (Lipinski definition) is 0. The molecule has 24 heavy (non-hydrogen) atoms. The number of aryl methyl sites for hydroxylation is 1. The normalized spacial score (nSPS) is 18.0. The summed E-state index contributed by atoms with van der Waals surface area (Å²) in [4.78, 5) is 26.4. The first kappa shape index (κ1) is 18.4. The first-order valence-electron chi connectivity index (χ1n) is 8.18. The Kier molecular flexibility index (Phi) is 5.64. The minimum Gasteiger partial charge on any atom is -0.344 e. The zero-order chi connectivity index (χ0) is 17.9. The summed E-state index contributed by atoms with van der Waals surface area (Å²) in [6.45, 7) is 4.43. The number of nitrogens with zero attached hydrogens (tertiary/aromatic N) is 2. The lowest BCUT2D eigenvalue weighted by molar-refractivity contribution is -0.136. The molecule has 0 N–H and O–H groups in total. The predicted molar refractivity (Wildman–Crippen MR) is 90.8 cm³/mol. The Balaban J connectivity index is 2.30. The van der Waals surface area contributed by atoms with Gasteiger partial charge in [0.2, 0.25) is 11.8 Å². The number of amides is 2. The van der Waals surface area contributed by atoms with E-state index in [1.165, 1.54) is 17.0 Å². The summed E-state index contributed by atoms with van der Waals surface area (Å²) in [6, 6.07) is 5.36. The lowest BCUT2D eigenvalue weighted by Crippen LogP contribution is -2.48. The van der Waals surface area contributed by atoms with Gasteiger partial charge in [-0.05, 0) is 31.9 Å². The average Bonchev–Trinajstić information content (AvgIpc) is 2.94. The molecule has 2 amide bonds. The highest BCUT2D eigenvalue weighted by atomic mass is 32.2. The predicted octanol–water partition coefficient (Wildman–Crippen LogP) is 1.93. The molecule has 1 atom stereocenters. The van der Waals surface area contributed by atoms with Crippen molar-refractivity contribution in [3.05, 3.63) is 29.8 Å². The Bertz CT molecular complexity index is 713. The van der Waals surface area contributed by atoms with E-state index in [9.17, 15) is 18.0 Å². The number of likely N-dealkylation sites (N-methyl/N-ethyl adjacent to an activating group) is 1. The van der Waals surface area contributed by atoms with E-state index in [2.05, 4.69) is 0 Å². The third kappa shape index (κ3) is 3.61. The second kappa shape index (κ2) is 7.34. The van der Waals surface area contributed by atoms with Gasteiger partial charge in [-0.15, -0.1) is 0 Å². The van der Waals surface area contributed by atoms with Gasteiger partial charge in [0.05, 0.1) is 4.90 Å². The van der Waals surface area contributed by atoms with E-state index < -0.39 is 22.0 Å². The molecule has 1 aromatic carbocycles. The first-order valence-corrected chi connectivity index (χ1v) is 9.62. The van der Waals surface area contributed by atoms with Crippen molar-refractivity contribution in [2.75, 3.05) is 13.6 Å². The zero-order valence-electron chi connectivity index (χ0n) is 14.4. The van der Waals surface area contributed by atoms with Crippen molar-refractivity contribution in [3.8, 4) is 0 Å². The molecule has 0 radical (unpaired) electrons. The van der Waals surface area contributed by atoms with Crippen LogP contribution in [0.3, 0.4) is 0 Å². The largest absolute Gasteiger partial charge is 0.344 e. The quantitative estimate of drug-likeness (QED) is 0.784. The highest BCUT2D eigenvalue weighted by molar-refractivity contribution is 7.89. The molecule has 1 aliphatic rings. The molecule has 1 fully saturated rings. The lowest BCUT2D eigenvalue weighted by atomic mass is 10.2. The van der Waals surface area contributed by atoms with Crippen LogP contribution >= 0.6 is 0 Å². The van der Waals surface area contributed by atoms with Crippen LogP contribution in [0.2, 0.25) is 0 Å². The molecule has 2 rings (SSSR count). The minimum absolute atomic E-state index is 0.0392. The van der Waals surface area contributed by atoms with E-state index in [0.29, 0.717) is 6.54 Å². The van der Waals surface area contributed by atoms with Gasteiger partial charge in [-0.3, -0.25) is 9.59 Å². The van der Waals surface area contributed by atoms with Crippen molar-refractivity contribution in [1.82, 2.24) is 9.21 Å². The number of carbonyl (C=O) groups excluding carboxylic acids is 2. The number of rotatable bonds is 6. The lowest BCUT2D eigenvalue weighted by Gasteiger charge is -2.27.